The Labute approximate surface area is 138 Å². The average molecular weight is 320 g/mol. The van der Waals surface area contributed by atoms with Crippen LogP contribution < -0.4 is 0 Å². The second kappa shape index (κ2) is 5.58. The number of halogens is 1. The van der Waals surface area contributed by atoms with E-state index < -0.39 is 0 Å². The van der Waals surface area contributed by atoms with Crippen molar-refractivity contribution in [2.45, 2.75) is 52.0 Å². The Hall–Kier alpha value is -0.990. The van der Waals surface area contributed by atoms with Crippen molar-refractivity contribution >= 4 is 11.6 Å². The minimum absolute atomic E-state index is 0.0650. The lowest BCUT2D eigenvalue weighted by molar-refractivity contribution is 0.0397. The summed E-state index contributed by atoms with van der Waals surface area (Å²) < 4.78 is 0. The first-order valence-electron chi connectivity index (χ1n) is 8.23. The Morgan fingerprint density at radius 2 is 2.18 bits per heavy atom. The van der Waals surface area contributed by atoms with Crippen LogP contribution in [0.5, 0.6) is 5.75 Å². The molecule has 0 amide bonds. The molecule has 2 nitrogen and oxygen atoms in total. The van der Waals surface area contributed by atoms with Crippen molar-refractivity contribution in [2.75, 3.05) is 13.1 Å². The first kappa shape index (κ1) is 15.9. The van der Waals surface area contributed by atoms with E-state index in [1.807, 2.05) is 0 Å². The Morgan fingerprint density at radius 3 is 2.86 bits per heavy atom. The number of phenolic OH excluding ortho intramolecular Hbond substituents is 1. The highest BCUT2D eigenvalue weighted by molar-refractivity contribution is 6.33. The molecule has 1 aliphatic carbocycles. The molecule has 0 radical (unpaired) electrons. The minimum Gasteiger partial charge on any atom is -0.506 e. The van der Waals surface area contributed by atoms with E-state index in [2.05, 4.69) is 44.7 Å². The van der Waals surface area contributed by atoms with Gasteiger partial charge in [0, 0.05) is 12.6 Å². The number of allylic oxidation sites excluding steroid dienone is 1. The fourth-order valence-electron chi connectivity index (χ4n) is 4.31. The molecular formula is C19H26ClNO. The lowest BCUT2D eigenvalue weighted by atomic mass is 9.59. The molecule has 1 saturated heterocycles. The highest BCUT2D eigenvalue weighted by Crippen LogP contribution is 2.52. The van der Waals surface area contributed by atoms with E-state index >= 15 is 0 Å². The van der Waals surface area contributed by atoms with Gasteiger partial charge in [-0.1, -0.05) is 43.2 Å². The summed E-state index contributed by atoms with van der Waals surface area (Å²) in [5, 5.41) is 10.6. The van der Waals surface area contributed by atoms with Gasteiger partial charge in [-0.3, -0.25) is 4.90 Å². The molecule has 0 unspecified atom stereocenters. The molecule has 3 rings (SSSR count). The predicted octanol–water partition coefficient (Wildman–Crippen LogP) is 4.54. The van der Waals surface area contributed by atoms with Gasteiger partial charge in [-0.25, -0.2) is 0 Å². The Morgan fingerprint density at radius 1 is 1.45 bits per heavy atom. The quantitative estimate of drug-likeness (QED) is 0.809. The maximum atomic E-state index is 10.0. The SMILES string of the molecule is CC(C)=CCN1CC[C@]2(C)c3c(ccc(O)c3Cl)C[C@H]1[C@H]2C. The van der Waals surface area contributed by atoms with Crippen LogP contribution in [0.4, 0.5) is 0 Å². The van der Waals surface area contributed by atoms with E-state index in [0.717, 1.165) is 25.9 Å². The van der Waals surface area contributed by atoms with Crippen molar-refractivity contribution < 1.29 is 5.11 Å². The van der Waals surface area contributed by atoms with Crippen molar-refractivity contribution in [3.8, 4) is 5.75 Å². The number of fused-ring (bicyclic) bond motifs is 4. The van der Waals surface area contributed by atoms with Crippen LogP contribution in [-0.4, -0.2) is 29.1 Å². The van der Waals surface area contributed by atoms with Gasteiger partial charge in [-0.15, -0.1) is 0 Å². The fourth-order valence-corrected chi connectivity index (χ4v) is 4.71. The second-order valence-electron chi connectivity index (χ2n) is 7.44. The zero-order valence-corrected chi connectivity index (χ0v) is 14.7. The smallest absolute Gasteiger partial charge is 0.134 e. The van der Waals surface area contributed by atoms with E-state index in [-0.39, 0.29) is 11.2 Å². The molecule has 3 atom stereocenters. The van der Waals surface area contributed by atoms with Gasteiger partial charge in [0.05, 0.1) is 5.02 Å². The van der Waals surface area contributed by atoms with Gasteiger partial charge in [0.25, 0.3) is 0 Å². The fraction of sp³-hybridized carbons (Fsp3) is 0.579. The molecule has 0 spiro atoms. The van der Waals surface area contributed by atoms with Gasteiger partial charge in [0.15, 0.2) is 0 Å². The molecule has 1 aromatic carbocycles. The van der Waals surface area contributed by atoms with Gasteiger partial charge >= 0.3 is 0 Å². The molecule has 1 heterocycles. The van der Waals surface area contributed by atoms with Gasteiger partial charge in [-0.2, -0.15) is 0 Å². The van der Waals surface area contributed by atoms with Gasteiger partial charge in [0.1, 0.15) is 5.75 Å². The van der Waals surface area contributed by atoms with E-state index in [9.17, 15) is 5.11 Å². The topological polar surface area (TPSA) is 23.5 Å². The largest absolute Gasteiger partial charge is 0.506 e. The number of nitrogens with zero attached hydrogens (tertiary/aromatic N) is 1. The van der Waals surface area contributed by atoms with Crippen LogP contribution in [0.25, 0.3) is 0 Å². The van der Waals surface area contributed by atoms with Crippen molar-refractivity contribution in [3.63, 3.8) is 0 Å². The molecule has 1 aromatic rings. The van der Waals surface area contributed by atoms with Crippen LogP contribution in [0.3, 0.4) is 0 Å². The summed E-state index contributed by atoms with van der Waals surface area (Å²) in [7, 11) is 0. The molecule has 2 aliphatic rings. The normalized spacial score (nSPS) is 30.8. The molecule has 0 saturated carbocycles. The maximum absolute atomic E-state index is 10.0. The summed E-state index contributed by atoms with van der Waals surface area (Å²) in [6.07, 6.45) is 4.45. The summed E-state index contributed by atoms with van der Waals surface area (Å²) in [5.74, 6) is 0.762. The van der Waals surface area contributed by atoms with Crippen LogP contribution >= 0.6 is 11.6 Å². The Kier molecular flexibility index (Phi) is 4.03. The van der Waals surface area contributed by atoms with E-state index in [1.54, 1.807) is 6.07 Å². The summed E-state index contributed by atoms with van der Waals surface area (Å²) in [6, 6.07) is 4.37. The lowest BCUT2D eigenvalue weighted by Gasteiger charge is -2.54. The molecule has 0 aromatic heterocycles. The molecule has 1 aliphatic heterocycles. The molecular weight excluding hydrogens is 294 g/mol. The predicted molar refractivity (Wildman–Crippen MR) is 92.7 cm³/mol. The molecule has 2 bridgehead atoms. The number of hydrogen-bond acceptors (Lipinski definition) is 2. The number of piperidine rings is 1. The Bertz CT molecular complexity index is 620. The average Bonchev–Trinajstić information content (AvgIpc) is 2.45. The van der Waals surface area contributed by atoms with Gasteiger partial charge < -0.3 is 5.11 Å². The monoisotopic (exact) mass is 319 g/mol. The molecule has 22 heavy (non-hydrogen) atoms. The van der Waals surface area contributed by atoms with Crippen LogP contribution in [0.1, 0.15) is 45.2 Å². The van der Waals surface area contributed by atoms with Gasteiger partial charge in [-0.05, 0) is 61.8 Å². The number of likely N-dealkylation sites (tertiary alicyclic amines) is 1. The standard InChI is InChI=1S/C19H26ClNO/c1-12(2)7-9-21-10-8-19(4)13(3)15(21)11-14-5-6-16(22)18(20)17(14)19/h5-7,13,15,22H,8-11H2,1-4H3/t13-,15+,19+/m1/s1. The number of benzene rings is 1. The highest BCUT2D eigenvalue weighted by Gasteiger charge is 2.49. The van der Waals surface area contributed by atoms with Crippen molar-refractivity contribution in [1.82, 2.24) is 4.90 Å². The lowest BCUT2D eigenvalue weighted by Crippen LogP contribution is -2.58. The summed E-state index contributed by atoms with van der Waals surface area (Å²) in [6.45, 7) is 11.1. The number of phenols is 1. The molecule has 1 fully saturated rings. The van der Waals surface area contributed by atoms with Crippen LogP contribution in [0.2, 0.25) is 5.02 Å². The van der Waals surface area contributed by atoms with Crippen LogP contribution in [-0.2, 0) is 11.8 Å². The number of aromatic hydroxyl groups is 1. The second-order valence-corrected chi connectivity index (χ2v) is 7.81. The molecule has 1 N–H and O–H groups in total. The first-order chi connectivity index (χ1) is 10.3. The minimum atomic E-state index is 0.0650. The maximum Gasteiger partial charge on any atom is 0.134 e. The van der Waals surface area contributed by atoms with E-state index in [0.29, 0.717) is 17.0 Å². The van der Waals surface area contributed by atoms with Gasteiger partial charge in [0.2, 0.25) is 0 Å². The highest BCUT2D eigenvalue weighted by atomic mass is 35.5. The summed E-state index contributed by atoms with van der Waals surface area (Å²) >= 11 is 6.48. The third-order valence-corrected chi connectivity index (χ3v) is 6.29. The van der Waals surface area contributed by atoms with E-state index in [1.165, 1.54) is 16.7 Å². The zero-order valence-electron chi connectivity index (χ0n) is 14.0. The van der Waals surface area contributed by atoms with Crippen molar-refractivity contribution in [3.05, 3.63) is 39.9 Å². The Balaban J connectivity index is 2.01. The van der Waals surface area contributed by atoms with E-state index in [4.69, 9.17) is 11.6 Å². The van der Waals surface area contributed by atoms with Crippen LogP contribution in [0, 0.1) is 5.92 Å². The molecule has 120 valence electrons. The summed E-state index contributed by atoms with van der Waals surface area (Å²) in [4.78, 5) is 2.61. The third kappa shape index (κ3) is 2.37. The number of hydrogen-bond donors (Lipinski definition) is 1. The van der Waals surface area contributed by atoms with Crippen molar-refractivity contribution in [1.29, 1.82) is 0 Å². The van der Waals surface area contributed by atoms with Crippen LogP contribution in [0.15, 0.2) is 23.8 Å². The summed E-state index contributed by atoms with van der Waals surface area (Å²) in [5.41, 5.74) is 3.95. The molecule has 3 heteroatoms. The zero-order chi connectivity index (χ0) is 16.1. The number of rotatable bonds is 2. The first-order valence-corrected chi connectivity index (χ1v) is 8.60. The third-order valence-electron chi connectivity index (χ3n) is 5.91. The van der Waals surface area contributed by atoms with Crippen molar-refractivity contribution in [2.24, 2.45) is 5.92 Å².